The maximum absolute atomic E-state index is 9.48. The average molecular weight is 141 g/mol. The third kappa shape index (κ3) is 1.32. The summed E-state index contributed by atoms with van der Waals surface area (Å²) in [7, 11) is 0. The first-order valence-corrected chi connectivity index (χ1v) is 4.22. The van der Waals surface area contributed by atoms with E-state index in [0.717, 1.165) is 25.2 Å². The van der Waals surface area contributed by atoms with Crippen molar-refractivity contribution in [2.24, 2.45) is 5.92 Å². The summed E-state index contributed by atoms with van der Waals surface area (Å²) in [6, 6.07) is 0. The third-order valence-corrected chi connectivity index (χ3v) is 2.71. The number of hydrogen-bond donors (Lipinski definition) is 2. The van der Waals surface area contributed by atoms with Crippen LogP contribution in [0.2, 0.25) is 0 Å². The molecule has 2 nitrogen and oxygen atoms in total. The second-order valence-electron chi connectivity index (χ2n) is 3.79. The minimum absolute atomic E-state index is 0.213. The van der Waals surface area contributed by atoms with Gasteiger partial charge in [-0.1, -0.05) is 0 Å². The Balaban J connectivity index is 1.63. The summed E-state index contributed by atoms with van der Waals surface area (Å²) in [5.41, 5.74) is -0.213. The summed E-state index contributed by atoms with van der Waals surface area (Å²) in [5.74, 6) is 0.865. The molecule has 0 spiro atoms. The molecule has 2 N–H and O–H groups in total. The lowest BCUT2D eigenvalue weighted by Crippen LogP contribution is -2.42. The average Bonchev–Trinajstić information content (AvgIpc) is 2.44. The monoisotopic (exact) mass is 141 g/mol. The van der Waals surface area contributed by atoms with Gasteiger partial charge < -0.3 is 10.4 Å². The molecule has 1 aliphatic heterocycles. The van der Waals surface area contributed by atoms with Gasteiger partial charge in [0.2, 0.25) is 0 Å². The molecule has 58 valence electrons. The Labute approximate surface area is 61.6 Å². The Morgan fingerprint density at radius 3 is 2.50 bits per heavy atom. The van der Waals surface area contributed by atoms with Crippen molar-refractivity contribution in [3.05, 3.63) is 0 Å². The fourth-order valence-corrected chi connectivity index (χ4v) is 1.42. The van der Waals surface area contributed by atoms with E-state index in [1.807, 2.05) is 0 Å². The molecule has 1 saturated heterocycles. The molecule has 0 bridgehead atoms. The van der Waals surface area contributed by atoms with Crippen molar-refractivity contribution in [2.45, 2.75) is 31.3 Å². The standard InChI is InChI=1S/C8H15NO/c10-8(3-4-8)2-1-7-5-9-6-7/h7,9-10H,1-6H2. The second kappa shape index (κ2) is 2.21. The van der Waals surface area contributed by atoms with Gasteiger partial charge in [-0.3, -0.25) is 0 Å². The van der Waals surface area contributed by atoms with Crippen molar-refractivity contribution in [1.82, 2.24) is 5.32 Å². The maximum atomic E-state index is 9.48. The number of aliphatic hydroxyl groups is 1. The molecule has 0 aromatic heterocycles. The second-order valence-corrected chi connectivity index (χ2v) is 3.79. The van der Waals surface area contributed by atoms with Crippen molar-refractivity contribution in [3.8, 4) is 0 Å². The molecule has 1 aliphatic carbocycles. The fraction of sp³-hybridized carbons (Fsp3) is 1.00. The summed E-state index contributed by atoms with van der Waals surface area (Å²) in [6.07, 6.45) is 4.36. The van der Waals surface area contributed by atoms with Gasteiger partial charge in [0.15, 0.2) is 0 Å². The zero-order chi connectivity index (χ0) is 7.03. The molecule has 2 heteroatoms. The lowest BCUT2D eigenvalue weighted by molar-refractivity contribution is 0.124. The van der Waals surface area contributed by atoms with Gasteiger partial charge >= 0.3 is 0 Å². The molecule has 1 saturated carbocycles. The highest BCUT2D eigenvalue weighted by Gasteiger charge is 2.40. The summed E-state index contributed by atoms with van der Waals surface area (Å²) in [4.78, 5) is 0. The number of hydrogen-bond acceptors (Lipinski definition) is 2. The van der Waals surface area contributed by atoms with Crippen LogP contribution in [0.25, 0.3) is 0 Å². The van der Waals surface area contributed by atoms with Gasteiger partial charge in [0.05, 0.1) is 5.60 Å². The highest BCUT2D eigenvalue weighted by molar-refractivity contribution is 4.94. The van der Waals surface area contributed by atoms with Gasteiger partial charge in [-0.05, 0) is 44.7 Å². The summed E-state index contributed by atoms with van der Waals surface area (Å²) >= 11 is 0. The van der Waals surface area contributed by atoms with Crippen LogP contribution in [0, 0.1) is 5.92 Å². The molecule has 2 aliphatic rings. The van der Waals surface area contributed by atoms with E-state index in [1.165, 1.54) is 19.5 Å². The number of rotatable bonds is 3. The fourth-order valence-electron chi connectivity index (χ4n) is 1.42. The van der Waals surface area contributed by atoms with E-state index in [4.69, 9.17) is 0 Å². The van der Waals surface area contributed by atoms with E-state index in [9.17, 15) is 5.11 Å². The molecule has 10 heavy (non-hydrogen) atoms. The smallest absolute Gasteiger partial charge is 0.0650 e. The Kier molecular flexibility index (Phi) is 1.46. The van der Waals surface area contributed by atoms with Gasteiger partial charge in [0, 0.05) is 0 Å². The maximum Gasteiger partial charge on any atom is 0.0650 e. The first-order valence-electron chi connectivity index (χ1n) is 4.22. The van der Waals surface area contributed by atoms with E-state index in [-0.39, 0.29) is 5.60 Å². The summed E-state index contributed by atoms with van der Waals surface area (Å²) < 4.78 is 0. The van der Waals surface area contributed by atoms with E-state index < -0.39 is 0 Å². The molecule has 0 amide bonds. The lowest BCUT2D eigenvalue weighted by Gasteiger charge is -2.27. The van der Waals surface area contributed by atoms with Crippen LogP contribution in [0.1, 0.15) is 25.7 Å². The first-order chi connectivity index (χ1) is 4.79. The van der Waals surface area contributed by atoms with E-state index in [2.05, 4.69) is 5.32 Å². The van der Waals surface area contributed by atoms with Gasteiger partial charge in [-0.25, -0.2) is 0 Å². The molecule has 0 aromatic carbocycles. The van der Waals surface area contributed by atoms with Crippen LogP contribution in [-0.2, 0) is 0 Å². The molecular weight excluding hydrogens is 126 g/mol. The molecule has 0 atom stereocenters. The molecule has 0 aromatic rings. The predicted molar refractivity (Wildman–Crippen MR) is 39.8 cm³/mol. The first kappa shape index (κ1) is 6.62. The van der Waals surface area contributed by atoms with Gasteiger partial charge in [0.1, 0.15) is 0 Å². The van der Waals surface area contributed by atoms with Gasteiger partial charge in [0.25, 0.3) is 0 Å². The predicted octanol–water partition coefficient (Wildman–Crippen LogP) is 0.511. The quantitative estimate of drug-likeness (QED) is 0.600. The highest BCUT2D eigenvalue weighted by Crippen LogP contribution is 2.40. The van der Waals surface area contributed by atoms with Crippen LogP contribution >= 0.6 is 0 Å². The van der Waals surface area contributed by atoms with Crippen LogP contribution in [0.15, 0.2) is 0 Å². The minimum Gasteiger partial charge on any atom is -0.390 e. The number of nitrogens with one attached hydrogen (secondary N) is 1. The van der Waals surface area contributed by atoms with Crippen LogP contribution in [0.5, 0.6) is 0 Å². The zero-order valence-corrected chi connectivity index (χ0v) is 6.27. The topological polar surface area (TPSA) is 32.3 Å². The van der Waals surface area contributed by atoms with Crippen molar-refractivity contribution >= 4 is 0 Å². The molecular formula is C8H15NO. The van der Waals surface area contributed by atoms with Crippen molar-refractivity contribution < 1.29 is 5.11 Å². The molecule has 1 heterocycles. The molecule has 2 rings (SSSR count). The molecule has 0 unspecified atom stereocenters. The van der Waals surface area contributed by atoms with Crippen LogP contribution in [0.4, 0.5) is 0 Å². The van der Waals surface area contributed by atoms with Crippen molar-refractivity contribution in [2.75, 3.05) is 13.1 Å². The molecule has 0 radical (unpaired) electrons. The van der Waals surface area contributed by atoms with Crippen molar-refractivity contribution in [1.29, 1.82) is 0 Å². The Bertz CT molecular complexity index is 127. The Hall–Kier alpha value is -0.0800. The van der Waals surface area contributed by atoms with E-state index in [1.54, 1.807) is 0 Å². The Morgan fingerprint density at radius 1 is 1.40 bits per heavy atom. The highest BCUT2D eigenvalue weighted by atomic mass is 16.3. The lowest BCUT2D eigenvalue weighted by atomic mass is 9.95. The summed E-state index contributed by atoms with van der Waals surface area (Å²) in [6.45, 7) is 2.35. The van der Waals surface area contributed by atoms with Gasteiger partial charge in [-0.2, -0.15) is 0 Å². The summed E-state index contributed by atoms with van der Waals surface area (Å²) in [5, 5.41) is 12.7. The Morgan fingerprint density at radius 2 is 2.10 bits per heavy atom. The normalized spacial score (nSPS) is 29.7. The van der Waals surface area contributed by atoms with E-state index in [0.29, 0.717) is 0 Å². The van der Waals surface area contributed by atoms with Crippen molar-refractivity contribution in [3.63, 3.8) is 0 Å². The van der Waals surface area contributed by atoms with Gasteiger partial charge in [-0.15, -0.1) is 0 Å². The SMILES string of the molecule is OC1(CCC2CNC2)CC1. The van der Waals surface area contributed by atoms with E-state index >= 15 is 0 Å². The zero-order valence-electron chi connectivity index (χ0n) is 6.27. The van der Waals surface area contributed by atoms with Crippen LogP contribution in [0.3, 0.4) is 0 Å². The van der Waals surface area contributed by atoms with Crippen LogP contribution in [-0.4, -0.2) is 23.8 Å². The molecule has 2 fully saturated rings. The van der Waals surface area contributed by atoms with Crippen LogP contribution < -0.4 is 5.32 Å². The minimum atomic E-state index is -0.213. The largest absolute Gasteiger partial charge is 0.390 e. The third-order valence-electron chi connectivity index (χ3n) is 2.71.